The molecule has 0 radical (unpaired) electrons. The third-order valence-electron chi connectivity index (χ3n) is 7.52. The van der Waals surface area contributed by atoms with Gasteiger partial charge < -0.3 is 15.0 Å². The van der Waals surface area contributed by atoms with E-state index in [1.165, 1.54) is 27.9 Å². The minimum absolute atomic E-state index is 0.144. The monoisotopic (exact) mass is 578 g/mol. The molecule has 0 unspecified atom stereocenters. The van der Waals surface area contributed by atoms with Crippen molar-refractivity contribution in [1.29, 1.82) is 0 Å². The molecule has 2 heterocycles. The Labute approximate surface area is 232 Å². The number of carbonyl (C=O) groups is 1. The van der Waals surface area contributed by atoms with Crippen LogP contribution in [0.3, 0.4) is 0 Å². The van der Waals surface area contributed by atoms with Gasteiger partial charge in [0.05, 0.1) is 12.0 Å². The molecule has 2 aliphatic heterocycles. The molecule has 214 valence electrons. The van der Waals surface area contributed by atoms with Crippen molar-refractivity contribution in [3.63, 3.8) is 0 Å². The van der Waals surface area contributed by atoms with Gasteiger partial charge in [-0.1, -0.05) is 19.9 Å². The van der Waals surface area contributed by atoms with E-state index in [-0.39, 0.29) is 40.6 Å². The molecular weight excluding hydrogens is 540 g/mol. The van der Waals surface area contributed by atoms with Crippen LogP contribution in [0.15, 0.2) is 52.3 Å². The minimum atomic E-state index is -3.79. The van der Waals surface area contributed by atoms with E-state index in [0.29, 0.717) is 50.5 Å². The molecule has 2 fully saturated rings. The molecular formula is C27H38N4O6S2. The largest absolute Gasteiger partial charge is 0.495 e. The lowest BCUT2D eigenvalue weighted by Gasteiger charge is -2.31. The highest BCUT2D eigenvalue weighted by Gasteiger charge is 2.34. The number of likely N-dealkylation sites (N-methyl/N-ethyl adjacent to an activating group) is 1. The van der Waals surface area contributed by atoms with Crippen LogP contribution in [0.5, 0.6) is 5.75 Å². The summed E-state index contributed by atoms with van der Waals surface area (Å²) < 4.78 is 61.0. The Balaban J connectivity index is 1.37. The Morgan fingerprint density at radius 2 is 1.46 bits per heavy atom. The molecule has 39 heavy (non-hydrogen) atoms. The molecule has 12 heteroatoms. The molecule has 0 aromatic heterocycles. The molecule has 0 aliphatic carbocycles. The smallest absolute Gasteiger partial charge is 0.246 e. The molecule has 2 aromatic carbocycles. The lowest BCUT2D eigenvalue weighted by Crippen LogP contribution is -2.46. The third-order valence-corrected chi connectivity index (χ3v) is 11.4. The SMILES string of the molecule is COc1ccc(C(C)C)cc1S(=O)(=O)N1CCC(C(=O)Nc2ccc(S(=O)(=O)N3CCN(C)CC3)cc2)CC1. The number of benzene rings is 2. The van der Waals surface area contributed by atoms with Gasteiger partial charge >= 0.3 is 0 Å². The van der Waals surface area contributed by atoms with Crippen LogP contribution in [0, 0.1) is 5.92 Å². The van der Waals surface area contributed by atoms with Gasteiger partial charge in [-0.15, -0.1) is 0 Å². The summed E-state index contributed by atoms with van der Waals surface area (Å²) in [4.78, 5) is 15.4. The Morgan fingerprint density at radius 3 is 2.03 bits per heavy atom. The van der Waals surface area contributed by atoms with E-state index >= 15 is 0 Å². The van der Waals surface area contributed by atoms with Crippen molar-refractivity contribution in [2.45, 2.75) is 42.4 Å². The normalized spacial score (nSPS) is 18.8. The number of rotatable bonds is 8. The first-order valence-electron chi connectivity index (χ1n) is 13.2. The van der Waals surface area contributed by atoms with Gasteiger partial charge in [0.25, 0.3) is 0 Å². The number of piperidine rings is 1. The van der Waals surface area contributed by atoms with Crippen molar-refractivity contribution in [1.82, 2.24) is 13.5 Å². The third kappa shape index (κ3) is 6.46. The second kappa shape index (κ2) is 11.9. The zero-order valence-electron chi connectivity index (χ0n) is 23.0. The maximum Gasteiger partial charge on any atom is 0.246 e. The van der Waals surface area contributed by atoms with Crippen LogP contribution >= 0.6 is 0 Å². The summed E-state index contributed by atoms with van der Waals surface area (Å²) in [6.45, 7) is 6.71. The van der Waals surface area contributed by atoms with Gasteiger partial charge in [0.15, 0.2) is 0 Å². The lowest BCUT2D eigenvalue weighted by atomic mass is 9.97. The topological polar surface area (TPSA) is 116 Å². The average Bonchev–Trinajstić information content (AvgIpc) is 2.93. The fourth-order valence-electron chi connectivity index (χ4n) is 4.88. The molecule has 0 spiro atoms. The first-order valence-corrected chi connectivity index (χ1v) is 16.1. The van der Waals surface area contributed by atoms with Crippen molar-refractivity contribution < 1.29 is 26.4 Å². The number of sulfonamides is 2. The molecule has 0 atom stereocenters. The predicted molar refractivity (Wildman–Crippen MR) is 150 cm³/mol. The molecule has 1 amide bonds. The van der Waals surface area contributed by atoms with Crippen LogP contribution in [0.25, 0.3) is 0 Å². The van der Waals surface area contributed by atoms with E-state index in [2.05, 4.69) is 10.2 Å². The summed E-state index contributed by atoms with van der Waals surface area (Å²) in [6.07, 6.45) is 0.764. The van der Waals surface area contributed by atoms with Crippen LogP contribution in [0.1, 0.15) is 38.2 Å². The minimum Gasteiger partial charge on any atom is -0.495 e. The van der Waals surface area contributed by atoms with E-state index < -0.39 is 20.0 Å². The fourth-order valence-corrected chi connectivity index (χ4v) is 7.97. The van der Waals surface area contributed by atoms with E-state index in [1.54, 1.807) is 24.3 Å². The van der Waals surface area contributed by atoms with Gasteiger partial charge in [-0.05, 0) is 67.8 Å². The second-order valence-corrected chi connectivity index (χ2v) is 14.3. The number of methoxy groups -OCH3 is 1. The van der Waals surface area contributed by atoms with Crippen molar-refractivity contribution in [2.75, 3.05) is 58.7 Å². The summed E-state index contributed by atoms with van der Waals surface area (Å²) in [5, 5.41) is 2.86. The van der Waals surface area contributed by atoms with Crippen molar-refractivity contribution in [2.24, 2.45) is 5.92 Å². The summed E-state index contributed by atoms with van der Waals surface area (Å²) in [7, 11) is -3.95. The number of carbonyl (C=O) groups excluding carboxylic acids is 1. The number of nitrogens with zero attached hydrogens (tertiary/aromatic N) is 3. The van der Waals surface area contributed by atoms with Crippen LogP contribution < -0.4 is 10.1 Å². The van der Waals surface area contributed by atoms with Crippen molar-refractivity contribution in [3.05, 3.63) is 48.0 Å². The fraction of sp³-hybridized carbons (Fsp3) is 0.519. The number of hydrogen-bond donors (Lipinski definition) is 1. The van der Waals surface area contributed by atoms with E-state index in [1.807, 2.05) is 27.0 Å². The van der Waals surface area contributed by atoms with Gasteiger partial charge in [0, 0.05) is 50.9 Å². The number of piperazine rings is 1. The first kappa shape index (κ1) is 29.5. The number of ether oxygens (including phenoxy) is 1. The summed E-state index contributed by atoms with van der Waals surface area (Å²) in [6, 6.07) is 11.4. The van der Waals surface area contributed by atoms with Gasteiger partial charge in [0.1, 0.15) is 10.6 Å². The van der Waals surface area contributed by atoms with Gasteiger partial charge in [-0.25, -0.2) is 16.8 Å². The highest BCUT2D eigenvalue weighted by Crippen LogP contribution is 2.32. The van der Waals surface area contributed by atoms with Gasteiger partial charge in [0.2, 0.25) is 26.0 Å². The molecule has 1 N–H and O–H groups in total. The molecule has 10 nitrogen and oxygen atoms in total. The van der Waals surface area contributed by atoms with Crippen molar-refractivity contribution in [3.8, 4) is 5.75 Å². The maximum atomic E-state index is 13.4. The maximum absolute atomic E-state index is 13.4. The molecule has 2 saturated heterocycles. The quantitative estimate of drug-likeness (QED) is 0.512. The van der Waals surface area contributed by atoms with Crippen LogP contribution in [0.4, 0.5) is 5.69 Å². The molecule has 4 rings (SSSR count). The van der Waals surface area contributed by atoms with Crippen molar-refractivity contribution >= 4 is 31.6 Å². The first-order chi connectivity index (χ1) is 18.4. The van der Waals surface area contributed by atoms with E-state index in [9.17, 15) is 21.6 Å². The average molecular weight is 579 g/mol. The standard InChI is InChI=1S/C27H38N4O6S2/c1-20(2)22-5-10-25(37-4)26(19-22)39(35,36)30-13-11-21(12-14-30)27(32)28-23-6-8-24(9-7-23)38(33,34)31-17-15-29(3)16-18-31/h5-10,19-21H,11-18H2,1-4H3,(H,28,32). The Morgan fingerprint density at radius 1 is 0.872 bits per heavy atom. The van der Waals surface area contributed by atoms with Gasteiger partial charge in [-0.2, -0.15) is 8.61 Å². The number of anilines is 1. The van der Waals surface area contributed by atoms with E-state index in [4.69, 9.17) is 4.74 Å². The molecule has 2 aliphatic rings. The summed E-state index contributed by atoms with van der Waals surface area (Å²) in [5.41, 5.74) is 1.41. The lowest BCUT2D eigenvalue weighted by molar-refractivity contribution is -0.120. The Kier molecular flexibility index (Phi) is 9.01. The number of nitrogens with one attached hydrogen (secondary N) is 1. The Bertz CT molecular complexity index is 1380. The molecule has 0 saturated carbocycles. The summed E-state index contributed by atoms with van der Waals surface area (Å²) in [5.74, 6) is -0.0900. The molecule has 0 bridgehead atoms. The number of hydrogen-bond acceptors (Lipinski definition) is 7. The zero-order chi connectivity index (χ0) is 28.4. The predicted octanol–water partition coefficient (Wildman–Crippen LogP) is 2.79. The summed E-state index contributed by atoms with van der Waals surface area (Å²) >= 11 is 0. The second-order valence-electron chi connectivity index (χ2n) is 10.5. The van der Waals surface area contributed by atoms with E-state index in [0.717, 1.165) is 5.56 Å². The van der Waals surface area contributed by atoms with Crippen LogP contribution in [0.2, 0.25) is 0 Å². The molecule has 2 aromatic rings. The highest BCUT2D eigenvalue weighted by molar-refractivity contribution is 7.89. The zero-order valence-corrected chi connectivity index (χ0v) is 24.6. The van der Waals surface area contributed by atoms with Gasteiger partial charge in [-0.3, -0.25) is 4.79 Å². The van der Waals surface area contributed by atoms with Crippen LogP contribution in [-0.2, 0) is 24.8 Å². The Hall–Kier alpha value is -2.51. The highest BCUT2D eigenvalue weighted by atomic mass is 32.2. The number of amides is 1. The van der Waals surface area contributed by atoms with Crippen LogP contribution in [-0.4, -0.2) is 89.7 Å².